The maximum atomic E-state index is 11.8. The smallest absolute Gasteiger partial charge is 0.255 e. The van der Waals surface area contributed by atoms with E-state index in [-0.39, 0.29) is 23.6 Å². The summed E-state index contributed by atoms with van der Waals surface area (Å²) in [6.07, 6.45) is 0. The molecule has 2 N–H and O–H groups in total. The first-order chi connectivity index (χ1) is 9.27. The third-order valence-electron chi connectivity index (χ3n) is 2.65. The van der Waals surface area contributed by atoms with Crippen LogP contribution in [-0.2, 0) is 10.0 Å². The zero-order valence-electron chi connectivity index (χ0n) is 11.6. The summed E-state index contributed by atoms with van der Waals surface area (Å²) in [5.41, 5.74) is 0.0630. The Morgan fingerprint density at radius 3 is 2.55 bits per heavy atom. The molecule has 7 nitrogen and oxygen atoms in total. The number of nitrogens with zero attached hydrogens (tertiary/aromatic N) is 1. The monoisotopic (exact) mass is 302 g/mol. The number of methoxy groups -OCH3 is 1. The van der Waals surface area contributed by atoms with Gasteiger partial charge in [0, 0.05) is 26.7 Å². The van der Waals surface area contributed by atoms with E-state index < -0.39 is 15.9 Å². The summed E-state index contributed by atoms with van der Waals surface area (Å²) in [5.74, 6) is -0.548. The van der Waals surface area contributed by atoms with Gasteiger partial charge >= 0.3 is 0 Å². The van der Waals surface area contributed by atoms with Gasteiger partial charge in [-0.05, 0) is 12.1 Å². The van der Waals surface area contributed by atoms with Gasteiger partial charge in [-0.25, -0.2) is 12.7 Å². The van der Waals surface area contributed by atoms with Gasteiger partial charge in [-0.15, -0.1) is 0 Å². The minimum Gasteiger partial charge on any atom is -0.507 e. The van der Waals surface area contributed by atoms with Gasteiger partial charge in [-0.2, -0.15) is 0 Å². The summed E-state index contributed by atoms with van der Waals surface area (Å²) in [5, 5.41) is 12.1. The maximum absolute atomic E-state index is 11.8. The van der Waals surface area contributed by atoms with E-state index >= 15 is 0 Å². The molecule has 0 heterocycles. The third-order valence-corrected chi connectivity index (χ3v) is 4.48. The quantitative estimate of drug-likeness (QED) is 0.772. The molecule has 0 saturated carbocycles. The van der Waals surface area contributed by atoms with E-state index in [0.29, 0.717) is 5.75 Å². The lowest BCUT2D eigenvalue weighted by molar-refractivity contribution is 0.0953. The Morgan fingerprint density at radius 2 is 2.05 bits per heavy atom. The summed E-state index contributed by atoms with van der Waals surface area (Å²) in [6.45, 7) is -0.0369. The zero-order valence-corrected chi connectivity index (χ0v) is 12.4. The second kappa shape index (κ2) is 6.58. The van der Waals surface area contributed by atoms with E-state index in [2.05, 4.69) is 5.32 Å². The van der Waals surface area contributed by atoms with Crippen molar-refractivity contribution in [1.82, 2.24) is 9.62 Å². The summed E-state index contributed by atoms with van der Waals surface area (Å²) < 4.78 is 29.0. The SMILES string of the molecule is COc1ccc(C(=O)NCCS(=O)(=O)N(C)C)c(O)c1. The van der Waals surface area contributed by atoms with Crippen molar-refractivity contribution in [3.05, 3.63) is 23.8 Å². The van der Waals surface area contributed by atoms with Crippen molar-refractivity contribution in [2.45, 2.75) is 0 Å². The zero-order chi connectivity index (χ0) is 15.3. The topological polar surface area (TPSA) is 95.9 Å². The molecule has 0 aliphatic heterocycles. The highest BCUT2D eigenvalue weighted by Crippen LogP contribution is 2.23. The van der Waals surface area contributed by atoms with Crippen LogP contribution in [0.5, 0.6) is 11.5 Å². The third kappa shape index (κ3) is 4.10. The van der Waals surface area contributed by atoms with Gasteiger partial charge in [-0.3, -0.25) is 4.79 Å². The highest BCUT2D eigenvalue weighted by atomic mass is 32.2. The fourth-order valence-corrected chi connectivity index (χ4v) is 2.13. The van der Waals surface area contributed by atoms with Crippen LogP contribution in [0.1, 0.15) is 10.4 Å². The highest BCUT2D eigenvalue weighted by molar-refractivity contribution is 7.89. The first-order valence-electron chi connectivity index (χ1n) is 5.83. The molecule has 1 aromatic carbocycles. The minimum atomic E-state index is -3.36. The molecular formula is C12H18N2O5S. The van der Waals surface area contributed by atoms with Crippen LogP contribution in [0.2, 0.25) is 0 Å². The van der Waals surface area contributed by atoms with Crippen LogP contribution in [0.4, 0.5) is 0 Å². The Labute approximate surface area is 118 Å². The van der Waals surface area contributed by atoms with Crippen molar-refractivity contribution in [3.63, 3.8) is 0 Å². The van der Waals surface area contributed by atoms with Crippen molar-refractivity contribution < 1.29 is 23.1 Å². The molecule has 0 atom stereocenters. The number of amides is 1. The molecule has 0 unspecified atom stereocenters. The van der Waals surface area contributed by atoms with E-state index in [1.54, 1.807) is 0 Å². The number of benzene rings is 1. The number of phenols is 1. The van der Waals surface area contributed by atoms with Crippen molar-refractivity contribution in [3.8, 4) is 11.5 Å². The molecule has 1 amide bonds. The number of carbonyl (C=O) groups is 1. The first kappa shape index (κ1) is 16.3. The van der Waals surface area contributed by atoms with Crippen molar-refractivity contribution >= 4 is 15.9 Å². The number of ether oxygens (including phenoxy) is 1. The lowest BCUT2D eigenvalue weighted by Gasteiger charge is -2.12. The first-order valence-corrected chi connectivity index (χ1v) is 7.44. The molecular weight excluding hydrogens is 284 g/mol. The Hall–Kier alpha value is -1.80. The number of phenolic OH excluding ortho intramolecular Hbond substituents is 1. The lowest BCUT2D eigenvalue weighted by atomic mass is 10.2. The Bertz CT molecular complexity index is 584. The molecule has 112 valence electrons. The molecule has 1 aromatic rings. The minimum absolute atomic E-state index is 0.0369. The normalized spacial score (nSPS) is 11.4. The van der Waals surface area contributed by atoms with Crippen LogP contribution < -0.4 is 10.1 Å². The van der Waals surface area contributed by atoms with Crippen LogP contribution in [-0.4, -0.2) is 57.2 Å². The van der Waals surface area contributed by atoms with E-state index in [4.69, 9.17) is 4.74 Å². The number of hydrogen-bond donors (Lipinski definition) is 2. The highest BCUT2D eigenvalue weighted by Gasteiger charge is 2.15. The van der Waals surface area contributed by atoms with E-state index in [1.807, 2.05) is 0 Å². The standard InChI is InChI=1S/C12H18N2O5S/c1-14(2)20(17,18)7-6-13-12(16)10-5-4-9(19-3)8-11(10)15/h4-5,8,15H,6-7H2,1-3H3,(H,13,16). The van der Waals surface area contributed by atoms with Crippen molar-refractivity contribution in [2.75, 3.05) is 33.5 Å². The average Bonchev–Trinajstić information content (AvgIpc) is 2.37. The Morgan fingerprint density at radius 1 is 1.40 bits per heavy atom. The summed E-state index contributed by atoms with van der Waals surface area (Å²) in [7, 11) is 0.930. The van der Waals surface area contributed by atoms with Crippen LogP contribution in [0.25, 0.3) is 0 Å². The number of nitrogens with one attached hydrogen (secondary N) is 1. The molecule has 0 aliphatic rings. The fraction of sp³-hybridized carbons (Fsp3) is 0.417. The largest absolute Gasteiger partial charge is 0.507 e. The van der Waals surface area contributed by atoms with E-state index in [1.165, 1.54) is 39.4 Å². The van der Waals surface area contributed by atoms with Gasteiger partial charge in [0.25, 0.3) is 5.91 Å². The summed E-state index contributed by atoms with van der Waals surface area (Å²) in [6, 6.07) is 4.25. The molecule has 0 saturated heterocycles. The predicted molar refractivity (Wildman–Crippen MR) is 74.5 cm³/mol. The van der Waals surface area contributed by atoms with Gasteiger partial charge < -0.3 is 15.2 Å². The molecule has 0 bridgehead atoms. The number of rotatable bonds is 6. The summed E-state index contributed by atoms with van der Waals surface area (Å²) in [4.78, 5) is 11.8. The number of carbonyl (C=O) groups excluding carboxylic acids is 1. The van der Waals surface area contributed by atoms with Crippen LogP contribution in [0, 0.1) is 0 Å². The number of sulfonamides is 1. The Kier molecular flexibility index (Phi) is 5.34. The summed E-state index contributed by atoms with van der Waals surface area (Å²) >= 11 is 0. The van der Waals surface area contributed by atoms with Gasteiger partial charge in [0.15, 0.2) is 0 Å². The lowest BCUT2D eigenvalue weighted by Crippen LogP contribution is -2.33. The van der Waals surface area contributed by atoms with Crippen LogP contribution >= 0.6 is 0 Å². The van der Waals surface area contributed by atoms with Crippen molar-refractivity contribution in [1.29, 1.82) is 0 Å². The second-order valence-electron chi connectivity index (χ2n) is 4.24. The molecule has 0 aromatic heterocycles. The maximum Gasteiger partial charge on any atom is 0.255 e. The molecule has 8 heteroatoms. The average molecular weight is 302 g/mol. The fourth-order valence-electron chi connectivity index (χ4n) is 1.40. The Balaban J connectivity index is 2.64. The van der Waals surface area contributed by atoms with Crippen LogP contribution in [0.3, 0.4) is 0 Å². The van der Waals surface area contributed by atoms with Gasteiger partial charge in [-0.1, -0.05) is 0 Å². The number of aromatic hydroxyl groups is 1. The molecule has 20 heavy (non-hydrogen) atoms. The molecule has 0 fully saturated rings. The van der Waals surface area contributed by atoms with Crippen molar-refractivity contribution in [2.24, 2.45) is 0 Å². The number of hydrogen-bond acceptors (Lipinski definition) is 5. The molecule has 0 spiro atoms. The van der Waals surface area contributed by atoms with Gasteiger partial charge in [0.05, 0.1) is 18.4 Å². The van der Waals surface area contributed by atoms with E-state index in [9.17, 15) is 18.3 Å². The van der Waals surface area contributed by atoms with E-state index in [0.717, 1.165) is 4.31 Å². The van der Waals surface area contributed by atoms with Gasteiger partial charge in [0.1, 0.15) is 11.5 Å². The molecule has 1 rings (SSSR count). The molecule has 0 radical (unpaired) electrons. The van der Waals surface area contributed by atoms with Gasteiger partial charge in [0.2, 0.25) is 10.0 Å². The van der Waals surface area contributed by atoms with Crippen LogP contribution in [0.15, 0.2) is 18.2 Å². The second-order valence-corrected chi connectivity index (χ2v) is 6.54. The molecule has 0 aliphatic carbocycles. The predicted octanol–water partition coefficient (Wildman–Crippen LogP) is 0.0220.